The minimum atomic E-state index is -3.14. The number of hydrogen-bond donors (Lipinski definition) is 1. The quantitative estimate of drug-likeness (QED) is 0.909. The van der Waals surface area contributed by atoms with E-state index in [2.05, 4.69) is 5.32 Å². The number of carbonyl (C=O) groups excluding carboxylic acids is 2. The van der Waals surface area contributed by atoms with Gasteiger partial charge in [0, 0.05) is 30.3 Å². The molecule has 0 radical (unpaired) electrons. The Morgan fingerprint density at radius 1 is 1.30 bits per heavy atom. The maximum atomic E-state index is 12.7. The van der Waals surface area contributed by atoms with Gasteiger partial charge in [0.05, 0.1) is 11.0 Å². The summed E-state index contributed by atoms with van der Waals surface area (Å²) in [7, 11) is -3.14. The van der Waals surface area contributed by atoms with E-state index in [0.717, 1.165) is 0 Å². The predicted molar refractivity (Wildman–Crippen MR) is 89.1 cm³/mol. The third-order valence-electron chi connectivity index (χ3n) is 4.33. The van der Waals surface area contributed by atoms with E-state index in [1.54, 1.807) is 49.9 Å². The second-order valence-corrected chi connectivity index (χ2v) is 8.27. The molecule has 1 aliphatic rings. The highest BCUT2D eigenvalue weighted by Crippen LogP contribution is 2.22. The highest BCUT2D eigenvalue weighted by atomic mass is 32.2. The predicted octanol–water partition coefficient (Wildman–Crippen LogP) is 1.68. The number of nitrogens with zero attached hydrogens (tertiary/aromatic N) is 1. The maximum absolute atomic E-state index is 12.7. The summed E-state index contributed by atoms with van der Waals surface area (Å²) in [5, 5.41) is 2.14. The van der Waals surface area contributed by atoms with Gasteiger partial charge in [-0.15, -0.1) is 0 Å². The van der Waals surface area contributed by atoms with Crippen molar-refractivity contribution >= 4 is 27.3 Å². The zero-order chi connectivity index (χ0) is 17.2. The fourth-order valence-electron chi connectivity index (χ4n) is 2.60. The molecule has 0 aliphatic carbocycles. The molecule has 1 aromatic carbocycles. The minimum Gasteiger partial charge on any atom is -0.334 e. The van der Waals surface area contributed by atoms with Crippen LogP contribution in [0.5, 0.6) is 0 Å². The molecular weight excluding hydrogens is 316 g/mol. The van der Waals surface area contributed by atoms with Crippen molar-refractivity contribution in [2.75, 3.05) is 17.6 Å². The van der Waals surface area contributed by atoms with Gasteiger partial charge in [-0.3, -0.25) is 9.59 Å². The van der Waals surface area contributed by atoms with E-state index in [0.29, 0.717) is 17.7 Å². The monoisotopic (exact) mass is 338 g/mol. The molecule has 2 amide bonds. The number of nitrogens with one attached hydrogen (secondary N) is 1. The van der Waals surface area contributed by atoms with E-state index < -0.39 is 15.1 Å². The molecule has 126 valence electrons. The Morgan fingerprint density at radius 3 is 2.65 bits per heavy atom. The van der Waals surface area contributed by atoms with Gasteiger partial charge in [0.15, 0.2) is 9.84 Å². The summed E-state index contributed by atoms with van der Waals surface area (Å²) in [5.74, 6) is -0.358. The first-order valence-corrected chi connectivity index (χ1v) is 9.40. The van der Waals surface area contributed by atoms with Gasteiger partial charge in [-0.05, 0) is 32.0 Å². The minimum absolute atomic E-state index is 0.0174. The van der Waals surface area contributed by atoms with Crippen LogP contribution in [0.3, 0.4) is 0 Å². The molecule has 0 unspecified atom stereocenters. The lowest BCUT2D eigenvalue weighted by atomic mass is 10.1. The number of rotatable bonds is 3. The molecule has 1 fully saturated rings. The van der Waals surface area contributed by atoms with Gasteiger partial charge in [0.25, 0.3) is 5.91 Å². The summed E-state index contributed by atoms with van der Waals surface area (Å²) in [6, 6.07) is 6.33. The molecule has 1 aromatic rings. The Kier molecular flexibility index (Phi) is 5.09. The molecule has 6 nitrogen and oxygen atoms in total. The number of amides is 2. The SMILES string of the molecule is CCC(=O)Nc1cccc(C(=O)N2CCS(=O)(=O)[C@H](C)[C@@H]2C)c1. The van der Waals surface area contributed by atoms with E-state index >= 15 is 0 Å². The van der Waals surface area contributed by atoms with Crippen molar-refractivity contribution in [2.24, 2.45) is 0 Å². The van der Waals surface area contributed by atoms with Gasteiger partial charge in [-0.25, -0.2) is 8.42 Å². The van der Waals surface area contributed by atoms with Crippen molar-refractivity contribution in [3.05, 3.63) is 29.8 Å². The molecule has 1 saturated heterocycles. The average molecular weight is 338 g/mol. The van der Waals surface area contributed by atoms with Crippen LogP contribution < -0.4 is 5.32 Å². The van der Waals surface area contributed by atoms with Crippen LogP contribution in [0.15, 0.2) is 24.3 Å². The van der Waals surface area contributed by atoms with E-state index in [1.807, 2.05) is 0 Å². The number of anilines is 1. The molecule has 0 spiro atoms. The largest absolute Gasteiger partial charge is 0.334 e. The molecule has 0 saturated carbocycles. The fraction of sp³-hybridized carbons (Fsp3) is 0.500. The van der Waals surface area contributed by atoms with Crippen LogP contribution in [0.2, 0.25) is 0 Å². The number of hydrogen-bond acceptors (Lipinski definition) is 4. The Labute approximate surface area is 136 Å². The molecule has 1 heterocycles. The summed E-state index contributed by atoms with van der Waals surface area (Å²) in [6.07, 6.45) is 0.358. The highest BCUT2D eigenvalue weighted by Gasteiger charge is 2.38. The van der Waals surface area contributed by atoms with Gasteiger partial charge in [0.2, 0.25) is 5.91 Å². The fourth-order valence-corrected chi connectivity index (χ4v) is 4.17. The van der Waals surface area contributed by atoms with Gasteiger partial charge in [0.1, 0.15) is 0 Å². The second kappa shape index (κ2) is 6.70. The second-order valence-electron chi connectivity index (χ2n) is 5.79. The van der Waals surface area contributed by atoms with Gasteiger partial charge in [-0.1, -0.05) is 13.0 Å². The van der Waals surface area contributed by atoms with Crippen molar-refractivity contribution in [3.63, 3.8) is 0 Å². The number of sulfone groups is 1. The van der Waals surface area contributed by atoms with Crippen LogP contribution >= 0.6 is 0 Å². The van der Waals surface area contributed by atoms with E-state index in [9.17, 15) is 18.0 Å². The van der Waals surface area contributed by atoms with Gasteiger partial charge in [-0.2, -0.15) is 0 Å². The molecule has 0 bridgehead atoms. The molecule has 7 heteroatoms. The van der Waals surface area contributed by atoms with Gasteiger partial charge < -0.3 is 10.2 Å². The Morgan fingerprint density at radius 2 is 2.00 bits per heavy atom. The van der Waals surface area contributed by atoms with Crippen molar-refractivity contribution in [2.45, 2.75) is 38.5 Å². The lowest BCUT2D eigenvalue weighted by Gasteiger charge is -2.37. The normalized spacial score (nSPS) is 23.3. The van der Waals surface area contributed by atoms with E-state index in [4.69, 9.17) is 0 Å². The summed E-state index contributed by atoms with van der Waals surface area (Å²) in [6.45, 7) is 5.33. The molecule has 2 rings (SSSR count). The van der Waals surface area contributed by atoms with Crippen molar-refractivity contribution in [1.82, 2.24) is 4.90 Å². The first-order chi connectivity index (χ1) is 10.8. The Balaban J connectivity index is 2.21. The van der Waals surface area contributed by atoms with E-state index in [-0.39, 0.29) is 30.2 Å². The van der Waals surface area contributed by atoms with Crippen LogP contribution in [0, 0.1) is 0 Å². The van der Waals surface area contributed by atoms with Crippen molar-refractivity contribution in [3.8, 4) is 0 Å². The molecule has 23 heavy (non-hydrogen) atoms. The molecule has 2 atom stereocenters. The summed E-state index contributed by atoms with van der Waals surface area (Å²) in [4.78, 5) is 25.7. The molecule has 1 aliphatic heterocycles. The first-order valence-electron chi connectivity index (χ1n) is 7.68. The van der Waals surface area contributed by atoms with Crippen LogP contribution in [0.4, 0.5) is 5.69 Å². The average Bonchev–Trinajstić information content (AvgIpc) is 2.52. The topological polar surface area (TPSA) is 83.6 Å². The zero-order valence-electron chi connectivity index (χ0n) is 13.6. The zero-order valence-corrected chi connectivity index (χ0v) is 14.4. The summed E-state index contributed by atoms with van der Waals surface area (Å²) in [5.41, 5.74) is 1.00. The third-order valence-corrected chi connectivity index (χ3v) is 6.61. The third kappa shape index (κ3) is 3.72. The highest BCUT2D eigenvalue weighted by molar-refractivity contribution is 7.92. The smallest absolute Gasteiger partial charge is 0.254 e. The standard InChI is InChI=1S/C16H22N2O4S/c1-4-15(19)17-14-7-5-6-13(10-14)16(20)18-8-9-23(21,22)12(3)11(18)2/h5-7,10-12H,4,8-9H2,1-3H3,(H,17,19)/t11-,12+/m0/s1. The first kappa shape index (κ1) is 17.5. The molecule has 1 N–H and O–H groups in total. The lowest BCUT2D eigenvalue weighted by molar-refractivity contribution is -0.115. The molecule has 0 aromatic heterocycles. The summed E-state index contributed by atoms with van der Waals surface area (Å²) < 4.78 is 23.8. The number of benzene rings is 1. The summed E-state index contributed by atoms with van der Waals surface area (Å²) >= 11 is 0. The van der Waals surface area contributed by atoms with Crippen LogP contribution in [0.25, 0.3) is 0 Å². The van der Waals surface area contributed by atoms with Crippen molar-refractivity contribution in [1.29, 1.82) is 0 Å². The Hall–Kier alpha value is -1.89. The van der Waals surface area contributed by atoms with Crippen LogP contribution in [-0.4, -0.2) is 48.7 Å². The van der Waals surface area contributed by atoms with Gasteiger partial charge >= 0.3 is 0 Å². The lowest BCUT2D eigenvalue weighted by Crippen LogP contribution is -2.54. The Bertz CT molecular complexity index is 715. The maximum Gasteiger partial charge on any atom is 0.254 e. The number of carbonyl (C=O) groups is 2. The van der Waals surface area contributed by atoms with Crippen molar-refractivity contribution < 1.29 is 18.0 Å². The molecular formula is C16H22N2O4S. The van der Waals surface area contributed by atoms with E-state index in [1.165, 1.54) is 0 Å². The van der Waals surface area contributed by atoms with Crippen LogP contribution in [0.1, 0.15) is 37.6 Å². The van der Waals surface area contributed by atoms with Crippen LogP contribution in [-0.2, 0) is 14.6 Å².